The van der Waals surface area contributed by atoms with Crippen LogP contribution in [-0.4, -0.2) is 26.4 Å². The molecule has 0 spiro atoms. The second-order valence-electron chi connectivity index (χ2n) is 5.77. The summed E-state index contributed by atoms with van der Waals surface area (Å²) >= 11 is 0. The van der Waals surface area contributed by atoms with E-state index >= 15 is 0 Å². The van der Waals surface area contributed by atoms with Gasteiger partial charge in [0.15, 0.2) is 0 Å². The minimum atomic E-state index is 0.377. The smallest absolute Gasteiger partial charge is 0.124 e. The molecule has 1 aliphatic rings. The predicted octanol–water partition coefficient (Wildman–Crippen LogP) is 3.94. The van der Waals surface area contributed by atoms with E-state index in [1.54, 1.807) is 0 Å². The Balaban J connectivity index is 2.18. The number of benzene rings is 1. The van der Waals surface area contributed by atoms with Gasteiger partial charge in [0.05, 0.1) is 6.61 Å². The Morgan fingerprint density at radius 1 is 1.19 bits per heavy atom. The zero-order valence-electron chi connectivity index (χ0n) is 13.4. The average Bonchev–Trinajstić information content (AvgIpc) is 2.55. The maximum atomic E-state index is 5.97. The normalized spacial score (nSPS) is 17.6. The van der Waals surface area contributed by atoms with Gasteiger partial charge < -0.3 is 14.8 Å². The molecule has 21 heavy (non-hydrogen) atoms. The summed E-state index contributed by atoms with van der Waals surface area (Å²) in [7, 11) is 0. The monoisotopic (exact) mass is 291 g/mol. The first-order valence-corrected chi connectivity index (χ1v) is 8.39. The van der Waals surface area contributed by atoms with Gasteiger partial charge in [0.25, 0.3) is 0 Å². The second kappa shape index (κ2) is 9.06. The summed E-state index contributed by atoms with van der Waals surface area (Å²) in [4.78, 5) is 0. The van der Waals surface area contributed by atoms with Crippen LogP contribution in [0.25, 0.3) is 0 Å². The predicted molar refractivity (Wildman–Crippen MR) is 86.8 cm³/mol. The second-order valence-corrected chi connectivity index (χ2v) is 5.77. The molecule has 0 amide bonds. The summed E-state index contributed by atoms with van der Waals surface area (Å²) < 4.78 is 11.5. The molecule has 118 valence electrons. The van der Waals surface area contributed by atoms with E-state index in [1.165, 1.54) is 5.56 Å². The number of rotatable bonds is 8. The Bertz CT molecular complexity index is 402. The van der Waals surface area contributed by atoms with Crippen LogP contribution in [-0.2, 0) is 4.74 Å². The number of hydrogen-bond donors (Lipinski definition) is 1. The highest BCUT2D eigenvalue weighted by Gasteiger charge is 2.27. The standard InChI is InChI=1S/C18H29NO2/c1-3-11-19-18(15-9-13-20-14-10-15)16-7-5-6-8-17(16)21-12-4-2/h5-8,15,18-19H,3-4,9-14H2,1-2H3. The Labute approximate surface area is 129 Å². The number of para-hydroxylation sites is 1. The molecule has 2 rings (SSSR count). The van der Waals surface area contributed by atoms with Crippen LogP contribution in [0.1, 0.15) is 51.1 Å². The quantitative estimate of drug-likeness (QED) is 0.787. The van der Waals surface area contributed by atoms with Gasteiger partial charge in [0.2, 0.25) is 0 Å². The minimum Gasteiger partial charge on any atom is -0.493 e. The zero-order valence-corrected chi connectivity index (χ0v) is 13.4. The average molecular weight is 291 g/mol. The van der Waals surface area contributed by atoms with E-state index < -0.39 is 0 Å². The SMILES string of the molecule is CCCNC(c1ccccc1OCCC)C1CCOCC1. The highest BCUT2D eigenvalue weighted by Crippen LogP contribution is 2.35. The van der Waals surface area contributed by atoms with E-state index in [2.05, 4.69) is 43.4 Å². The molecule has 0 bridgehead atoms. The van der Waals surface area contributed by atoms with E-state index in [-0.39, 0.29) is 0 Å². The highest BCUT2D eigenvalue weighted by atomic mass is 16.5. The first-order chi connectivity index (χ1) is 10.4. The van der Waals surface area contributed by atoms with Crippen molar-refractivity contribution in [3.8, 4) is 5.75 Å². The van der Waals surface area contributed by atoms with Crippen LogP contribution in [0, 0.1) is 5.92 Å². The van der Waals surface area contributed by atoms with Crippen LogP contribution in [0.5, 0.6) is 5.75 Å². The minimum absolute atomic E-state index is 0.377. The number of ether oxygens (including phenoxy) is 2. The molecule has 0 radical (unpaired) electrons. The summed E-state index contributed by atoms with van der Waals surface area (Å²) in [5, 5.41) is 3.74. The molecule has 1 aliphatic heterocycles. The molecule has 1 heterocycles. The molecule has 1 fully saturated rings. The van der Waals surface area contributed by atoms with Crippen LogP contribution in [0.3, 0.4) is 0 Å². The van der Waals surface area contributed by atoms with Crippen molar-refractivity contribution >= 4 is 0 Å². The fraction of sp³-hybridized carbons (Fsp3) is 0.667. The molecule has 0 aromatic heterocycles. The maximum absolute atomic E-state index is 5.97. The van der Waals surface area contributed by atoms with Crippen LogP contribution < -0.4 is 10.1 Å². The molecule has 3 heteroatoms. The molecule has 1 atom stereocenters. The van der Waals surface area contributed by atoms with E-state index in [0.717, 1.165) is 57.8 Å². The van der Waals surface area contributed by atoms with E-state index in [1.807, 2.05) is 0 Å². The third-order valence-corrected chi connectivity index (χ3v) is 4.07. The fourth-order valence-corrected chi connectivity index (χ4v) is 2.96. The van der Waals surface area contributed by atoms with Gasteiger partial charge in [-0.2, -0.15) is 0 Å². The zero-order chi connectivity index (χ0) is 14.9. The molecule has 0 saturated carbocycles. The van der Waals surface area contributed by atoms with Gasteiger partial charge in [0, 0.05) is 24.8 Å². The lowest BCUT2D eigenvalue weighted by Gasteiger charge is -2.32. The van der Waals surface area contributed by atoms with Crippen molar-refractivity contribution in [3.05, 3.63) is 29.8 Å². The topological polar surface area (TPSA) is 30.5 Å². The third kappa shape index (κ3) is 4.72. The van der Waals surface area contributed by atoms with Crippen molar-refractivity contribution in [2.75, 3.05) is 26.4 Å². The highest BCUT2D eigenvalue weighted by molar-refractivity contribution is 5.36. The van der Waals surface area contributed by atoms with Crippen molar-refractivity contribution in [1.29, 1.82) is 0 Å². The summed E-state index contributed by atoms with van der Waals surface area (Å²) in [5.74, 6) is 1.68. The Morgan fingerprint density at radius 2 is 1.95 bits per heavy atom. The van der Waals surface area contributed by atoms with Crippen LogP contribution in [0.15, 0.2) is 24.3 Å². The molecule has 1 aromatic rings. The largest absolute Gasteiger partial charge is 0.493 e. The van der Waals surface area contributed by atoms with Crippen molar-refractivity contribution in [3.63, 3.8) is 0 Å². The van der Waals surface area contributed by atoms with Crippen molar-refractivity contribution in [2.45, 2.75) is 45.6 Å². The first kappa shape index (κ1) is 16.3. The summed E-state index contributed by atoms with van der Waals surface area (Å²) in [6.45, 7) is 7.96. The van der Waals surface area contributed by atoms with Crippen molar-refractivity contribution in [2.24, 2.45) is 5.92 Å². The van der Waals surface area contributed by atoms with Crippen LogP contribution in [0.4, 0.5) is 0 Å². The lowest BCUT2D eigenvalue weighted by Crippen LogP contribution is -2.33. The van der Waals surface area contributed by atoms with E-state index in [9.17, 15) is 0 Å². The summed E-state index contributed by atoms with van der Waals surface area (Å²) in [5.41, 5.74) is 1.31. The van der Waals surface area contributed by atoms with Gasteiger partial charge in [-0.25, -0.2) is 0 Å². The lowest BCUT2D eigenvalue weighted by atomic mass is 9.86. The van der Waals surface area contributed by atoms with Gasteiger partial charge in [0.1, 0.15) is 5.75 Å². The molecule has 1 saturated heterocycles. The van der Waals surface area contributed by atoms with Gasteiger partial charge in [-0.3, -0.25) is 0 Å². The molecule has 0 aliphatic carbocycles. The molecule has 1 unspecified atom stereocenters. The third-order valence-electron chi connectivity index (χ3n) is 4.07. The summed E-state index contributed by atoms with van der Waals surface area (Å²) in [6.07, 6.45) is 4.45. The number of hydrogen-bond acceptors (Lipinski definition) is 3. The van der Waals surface area contributed by atoms with Gasteiger partial charge in [-0.15, -0.1) is 0 Å². The fourth-order valence-electron chi connectivity index (χ4n) is 2.96. The maximum Gasteiger partial charge on any atom is 0.124 e. The number of nitrogens with one attached hydrogen (secondary N) is 1. The van der Waals surface area contributed by atoms with Gasteiger partial charge >= 0.3 is 0 Å². The molecule has 1 N–H and O–H groups in total. The van der Waals surface area contributed by atoms with Crippen molar-refractivity contribution in [1.82, 2.24) is 5.32 Å². The molecular weight excluding hydrogens is 262 g/mol. The van der Waals surface area contributed by atoms with E-state index in [0.29, 0.717) is 12.0 Å². The first-order valence-electron chi connectivity index (χ1n) is 8.39. The van der Waals surface area contributed by atoms with Crippen molar-refractivity contribution < 1.29 is 9.47 Å². The summed E-state index contributed by atoms with van der Waals surface area (Å²) in [6, 6.07) is 8.88. The van der Waals surface area contributed by atoms with Crippen LogP contribution >= 0.6 is 0 Å². The Kier molecular flexibility index (Phi) is 7.04. The van der Waals surface area contributed by atoms with E-state index in [4.69, 9.17) is 9.47 Å². The Morgan fingerprint density at radius 3 is 2.67 bits per heavy atom. The van der Waals surface area contributed by atoms with Crippen LogP contribution in [0.2, 0.25) is 0 Å². The Hall–Kier alpha value is -1.06. The molecule has 3 nitrogen and oxygen atoms in total. The molecular formula is C18H29NO2. The lowest BCUT2D eigenvalue weighted by molar-refractivity contribution is 0.0532. The van der Waals surface area contributed by atoms with Gasteiger partial charge in [-0.1, -0.05) is 32.0 Å². The molecule has 1 aromatic carbocycles. The van der Waals surface area contributed by atoms with Gasteiger partial charge in [-0.05, 0) is 44.2 Å².